The van der Waals surface area contributed by atoms with Crippen molar-refractivity contribution in [2.45, 2.75) is 13.3 Å². The number of aromatic hydroxyl groups is 1. The van der Waals surface area contributed by atoms with E-state index in [0.29, 0.717) is 11.1 Å². The molecule has 0 radical (unpaired) electrons. The van der Waals surface area contributed by atoms with E-state index in [1.165, 1.54) is 6.07 Å². The number of fused-ring (bicyclic) bond motifs is 1. The number of allylic oxidation sites excluding steroid dienone is 1. The Morgan fingerprint density at radius 2 is 2.20 bits per heavy atom. The molecule has 0 amide bonds. The van der Waals surface area contributed by atoms with Crippen molar-refractivity contribution in [3.05, 3.63) is 40.3 Å². The maximum atomic E-state index is 11.8. The molecule has 0 aliphatic heterocycles. The number of hydrogen-bond donors (Lipinski definition) is 2. The van der Waals surface area contributed by atoms with Crippen LogP contribution in [0.15, 0.2) is 33.5 Å². The van der Waals surface area contributed by atoms with Crippen LogP contribution in [0.3, 0.4) is 0 Å². The van der Waals surface area contributed by atoms with Crippen molar-refractivity contribution in [1.82, 2.24) is 0 Å². The molecule has 1 aromatic heterocycles. The summed E-state index contributed by atoms with van der Waals surface area (Å²) in [5.41, 5.74) is -0.209. The molecular weight excluding hydrogens is 260 g/mol. The monoisotopic (exact) mass is 276 g/mol. The third-order valence-electron chi connectivity index (χ3n) is 2.77. The first kappa shape index (κ1) is 14.1. The molecule has 2 aromatic rings. The van der Waals surface area contributed by atoms with Crippen molar-refractivity contribution in [3.8, 4) is 11.5 Å². The summed E-state index contributed by atoms with van der Waals surface area (Å²) in [5.74, 6) is 0.362. The van der Waals surface area contributed by atoms with Crippen LogP contribution in [0.5, 0.6) is 11.5 Å². The minimum absolute atomic E-state index is 0.102. The quantitative estimate of drug-likeness (QED) is 0.819. The number of hydrogen-bond acceptors (Lipinski definition) is 5. The van der Waals surface area contributed by atoms with Crippen LogP contribution in [0.2, 0.25) is 0 Å². The SMILES string of the molecule is CCC=Cc1c(O)c2ccc(OCCO)cc2oc1=O. The molecule has 2 rings (SSSR count). The molecule has 106 valence electrons. The average Bonchev–Trinajstić information content (AvgIpc) is 2.44. The van der Waals surface area contributed by atoms with Crippen LogP contribution in [-0.4, -0.2) is 23.4 Å². The summed E-state index contributed by atoms with van der Waals surface area (Å²) in [7, 11) is 0. The Labute approximate surface area is 115 Å². The highest BCUT2D eigenvalue weighted by Crippen LogP contribution is 2.29. The molecule has 0 saturated heterocycles. The zero-order valence-corrected chi connectivity index (χ0v) is 11.1. The molecule has 20 heavy (non-hydrogen) atoms. The Kier molecular flexibility index (Phi) is 4.42. The Balaban J connectivity index is 2.52. The molecule has 1 heterocycles. The predicted molar refractivity (Wildman–Crippen MR) is 76.1 cm³/mol. The molecule has 0 fully saturated rings. The molecule has 0 spiro atoms. The highest BCUT2D eigenvalue weighted by molar-refractivity contribution is 5.87. The van der Waals surface area contributed by atoms with Crippen molar-refractivity contribution in [1.29, 1.82) is 0 Å². The molecular formula is C15H16O5. The van der Waals surface area contributed by atoms with Crippen molar-refractivity contribution in [3.63, 3.8) is 0 Å². The third kappa shape index (κ3) is 2.83. The van der Waals surface area contributed by atoms with Gasteiger partial charge >= 0.3 is 5.63 Å². The molecule has 0 unspecified atom stereocenters. The standard InChI is InChI=1S/C15H16O5/c1-2-3-4-12-14(17)11-6-5-10(19-8-7-16)9-13(11)20-15(12)18/h3-6,9,16-17H,2,7-8H2,1H3. The highest BCUT2D eigenvalue weighted by atomic mass is 16.5. The first-order valence-electron chi connectivity index (χ1n) is 6.37. The van der Waals surface area contributed by atoms with Crippen molar-refractivity contribution in [2.24, 2.45) is 0 Å². The van der Waals surface area contributed by atoms with E-state index in [2.05, 4.69) is 0 Å². The minimum Gasteiger partial charge on any atom is -0.506 e. The maximum Gasteiger partial charge on any atom is 0.347 e. The smallest absolute Gasteiger partial charge is 0.347 e. The number of aliphatic hydroxyl groups excluding tert-OH is 1. The Hall–Kier alpha value is -2.27. The molecule has 0 aliphatic rings. The lowest BCUT2D eigenvalue weighted by atomic mass is 10.1. The van der Waals surface area contributed by atoms with E-state index in [1.54, 1.807) is 24.3 Å². The van der Waals surface area contributed by atoms with Crippen molar-refractivity contribution < 1.29 is 19.4 Å². The second-order valence-corrected chi connectivity index (χ2v) is 4.19. The van der Waals surface area contributed by atoms with Crippen molar-refractivity contribution >= 4 is 17.0 Å². The number of aliphatic hydroxyl groups is 1. The lowest BCUT2D eigenvalue weighted by molar-refractivity contribution is 0.201. The van der Waals surface area contributed by atoms with Gasteiger partial charge in [-0.3, -0.25) is 0 Å². The van der Waals surface area contributed by atoms with Gasteiger partial charge in [0, 0.05) is 6.07 Å². The third-order valence-corrected chi connectivity index (χ3v) is 2.77. The van der Waals surface area contributed by atoms with Gasteiger partial charge in [-0.25, -0.2) is 4.79 Å². The van der Waals surface area contributed by atoms with Gasteiger partial charge in [0.1, 0.15) is 29.3 Å². The van der Waals surface area contributed by atoms with Gasteiger partial charge in [-0.2, -0.15) is 0 Å². The molecule has 0 saturated carbocycles. The molecule has 2 N–H and O–H groups in total. The highest BCUT2D eigenvalue weighted by Gasteiger charge is 2.12. The van der Waals surface area contributed by atoms with Crippen LogP contribution in [0, 0.1) is 0 Å². The van der Waals surface area contributed by atoms with Crippen LogP contribution < -0.4 is 10.4 Å². The van der Waals surface area contributed by atoms with E-state index in [-0.39, 0.29) is 30.1 Å². The van der Waals surface area contributed by atoms with Gasteiger partial charge in [0.15, 0.2) is 0 Å². The second-order valence-electron chi connectivity index (χ2n) is 4.19. The van der Waals surface area contributed by atoms with Gasteiger partial charge in [-0.15, -0.1) is 0 Å². The van der Waals surface area contributed by atoms with E-state index >= 15 is 0 Å². The summed E-state index contributed by atoms with van der Waals surface area (Å²) in [6.07, 6.45) is 4.08. The van der Waals surface area contributed by atoms with Crippen LogP contribution in [0.4, 0.5) is 0 Å². The zero-order valence-electron chi connectivity index (χ0n) is 11.1. The maximum absolute atomic E-state index is 11.8. The molecule has 1 aromatic carbocycles. The molecule has 0 aliphatic carbocycles. The topological polar surface area (TPSA) is 79.9 Å². The van der Waals surface area contributed by atoms with Crippen LogP contribution in [-0.2, 0) is 0 Å². The first-order chi connectivity index (χ1) is 9.67. The van der Waals surface area contributed by atoms with E-state index in [1.807, 2.05) is 6.92 Å². The summed E-state index contributed by atoms with van der Waals surface area (Å²) in [6.45, 7) is 1.98. The fourth-order valence-electron chi connectivity index (χ4n) is 1.82. The zero-order chi connectivity index (χ0) is 14.5. The number of benzene rings is 1. The van der Waals surface area contributed by atoms with Crippen molar-refractivity contribution in [2.75, 3.05) is 13.2 Å². The lowest BCUT2D eigenvalue weighted by Crippen LogP contribution is -2.04. The van der Waals surface area contributed by atoms with E-state index in [9.17, 15) is 9.90 Å². The van der Waals surface area contributed by atoms with Gasteiger partial charge in [0.2, 0.25) is 0 Å². The normalized spacial score (nSPS) is 11.3. The van der Waals surface area contributed by atoms with E-state index < -0.39 is 5.63 Å². The molecule has 5 nitrogen and oxygen atoms in total. The van der Waals surface area contributed by atoms with Gasteiger partial charge in [-0.05, 0) is 24.6 Å². The molecule has 0 atom stereocenters. The van der Waals surface area contributed by atoms with Gasteiger partial charge in [0.05, 0.1) is 12.0 Å². The second kappa shape index (κ2) is 6.25. The predicted octanol–water partition coefficient (Wildman–Crippen LogP) is 2.29. The summed E-state index contributed by atoms with van der Waals surface area (Å²) in [4.78, 5) is 11.8. The number of ether oxygens (including phenoxy) is 1. The van der Waals surface area contributed by atoms with E-state index in [0.717, 1.165) is 6.42 Å². The van der Waals surface area contributed by atoms with Crippen LogP contribution in [0.25, 0.3) is 17.0 Å². The summed E-state index contributed by atoms with van der Waals surface area (Å²) >= 11 is 0. The molecule has 5 heteroatoms. The first-order valence-corrected chi connectivity index (χ1v) is 6.37. The van der Waals surface area contributed by atoms with Gasteiger partial charge in [0.25, 0.3) is 0 Å². The largest absolute Gasteiger partial charge is 0.506 e. The van der Waals surface area contributed by atoms with Gasteiger partial charge < -0.3 is 19.4 Å². The van der Waals surface area contributed by atoms with Crippen LogP contribution >= 0.6 is 0 Å². The summed E-state index contributed by atoms with van der Waals surface area (Å²) in [5, 5.41) is 19.3. The Morgan fingerprint density at radius 1 is 1.40 bits per heavy atom. The Morgan fingerprint density at radius 3 is 2.90 bits per heavy atom. The summed E-state index contributed by atoms with van der Waals surface area (Å²) < 4.78 is 10.4. The Bertz CT molecular complexity index is 684. The van der Waals surface area contributed by atoms with Gasteiger partial charge in [-0.1, -0.05) is 13.0 Å². The number of rotatable bonds is 5. The summed E-state index contributed by atoms with van der Waals surface area (Å²) in [6, 6.07) is 4.77. The fraction of sp³-hybridized carbons (Fsp3) is 0.267. The molecule has 0 bridgehead atoms. The lowest BCUT2D eigenvalue weighted by Gasteiger charge is -2.07. The average molecular weight is 276 g/mol. The fourth-order valence-corrected chi connectivity index (χ4v) is 1.82. The van der Waals surface area contributed by atoms with E-state index in [4.69, 9.17) is 14.3 Å². The minimum atomic E-state index is -0.598. The van der Waals surface area contributed by atoms with Crippen LogP contribution in [0.1, 0.15) is 18.9 Å².